The zero-order valence-electron chi connectivity index (χ0n) is 20.7. The van der Waals surface area contributed by atoms with E-state index < -0.39 is 16.1 Å². The summed E-state index contributed by atoms with van der Waals surface area (Å²) in [5.41, 5.74) is 2.21. The molecule has 2 amide bonds. The fourth-order valence-corrected chi connectivity index (χ4v) is 5.48. The number of nitrogens with zero attached hydrogens (tertiary/aromatic N) is 1. The van der Waals surface area contributed by atoms with Gasteiger partial charge in [0.2, 0.25) is 10.0 Å². The zero-order valence-corrected chi connectivity index (χ0v) is 22.2. The molecule has 0 aromatic heterocycles. The smallest absolute Gasteiger partial charge is 0.322 e. The number of carbonyl (C=O) groups excluding carboxylic acids is 1. The van der Waals surface area contributed by atoms with Crippen LogP contribution in [-0.4, -0.2) is 53.8 Å². The molecule has 1 atom stereocenters. The minimum absolute atomic E-state index is 0.0627. The van der Waals surface area contributed by atoms with E-state index >= 15 is 0 Å². The summed E-state index contributed by atoms with van der Waals surface area (Å²) in [7, 11) is 0.733. The van der Waals surface area contributed by atoms with E-state index in [1.54, 1.807) is 42.3 Å². The molecule has 37 heavy (non-hydrogen) atoms. The van der Waals surface area contributed by atoms with E-state index in [-0.39, 0.29) is 17.5 Å². The Kier molecular flexibility index (Phi) is 8.11. The molecule has 0 fully saturated rings. The van der Waals surface area contributed by atoms with Crippen molar-refractivity contribution in [3.8, 4) is 17.2 Å². The summed E-state index contributed by atoms with van der Waals surface area (Å²) in [5.74, 6) is 1.56. The van der Waals surface area contributed by atoms with E-state index in [9.17, 15) is 13.2 Å². The van der Waals surface area contributed by atoms with Crippen molar-refractivity contribution in [3.63, 3.8) is 0 Å². The first-order valence-corrected chi connectivity index (χ1v) is 13.3. The van der Waals surface area contributed by atoms with Crippen LogP contribution >= 0.6 is 11.6 Å². The van der Waals surface area contributed by atoms with Crippen molar-refractivity contribution >= 4 is 33.3 Å². The van der Waals surface area contributed by atoms with Crippen molar-refractivity contribution in [1.29, 1.82) is 0 Å². The van der Waals surface area contributed by atoms with Crippen LogP contribution in [0.25, 0.3) is 0 Å². The summed E-state index contributed by atoms with van der Waals surface area (Å²) in [6, 6.07) is 15.6. The predicted molar refractivity (Wildman–Crippen MR) is 141 cm³/mol. The molecule has 0 spiro atoms. The van der Waals surface area contributed by atoms with Gasteiger partial charge in [-0.25, -0.2) is 17.9 Å². The highest BCUT2D eigenvalue weighted by Crippen LogP contribution is 2.38. The summed E-state index contributed by atoms with van der Waals surface area (Å²) in [6.45, 7) is 0.295. The molecule has 1 aliphatic rings. The summed E-state index contributed by atoms with van der Waals surface area (Å²) < 4.78 is 45.0. The van der Waals surface area contributed by atoms with Crippen LogP contribution in [-0.2, 0) is 16.4 Å². The van der Waals surface area contributed by atoms with E-state index in [4.69, 9.17) is 25.8 Å². The number of methoxy groups -OCH3 is 3. The zero-order chi connectivity index (χ0) is 26.6. The third-order valence-electron chi connectivity index (χ3n) is 6.20. The first-order valence-electron chi connectivity index (χ1n) is 11.5. The number of halogens is 1. The summed E-state index contributed by atoms with van der Waals surface area (Å²) in [6.07, 6.45) is 0.551. The van der Waals surface area contributed by atoms with Gasteiger partial charge in [0.1, 0.15) is 5.75 Å². The highest BCUT2D eigenvalue weighted by molar-refractivity contribution is 7.89. The van der Waals surface area contributed by atoms with Crippen LogP contribution in [0.5, 0.6) is 17.2 Å². The predicted octanol–water partition coefficient (Wildman–Crippen LogP) is 4.48. The Morgan fingerprint density at radius 3 is 2.30 bits per heavy atom. The average Bonchev–Trinajstić information content (AvgIpc) is 2.91. The molecule has 3 aromatic carbocycles. The number of hydrogen-bond donors (Lipinski definition) is 2. The van der Waals surface area contributed by atoms with E-state index in [1.807, 2.05) is 6.07 Å². The van der Waals surface area contributed by atoms with Gasteiger partial charge in [-0.05, 0) is 66.1 Å². The lowest BCUT2D eigenvalue weighted by Gasteiger charge is -2.38. The van der Waals surface area contributed by atoms with Crippen molar-refractivity contribution < 1.29 is 27.4 Å². The Morgan fingerprint density at radius 2 is 1.62 bits per heavy atom. The Bertz CT molecular complexity index is 1380. The topological polar surface area (TPSA) is 106 Å². The van der Waals surface area contributed by atoms with Gasteiger partial charge in [-0.1, -0.05) is 23.7 Å². The fraction of sp³-hybridized carbons (Fsp3) is 0.269. The third kappa shape index (κ3) is 5.76. The molecule has 0 radical (unpaired) electrons. The van der Waals surface area contributed by atoms with Crippen LogP contribution in [0.2, 0.25) is 5.02 Å². The number of hydrogen-bond acceptors (Lipinski definition) is 6. The van der Waals surface area contributed by atoms with Gasteiger partial charge >= 0.3 is 6.03 Å². The molecule has 11 heteroatoms. The van der Waals surface area contributed by atoms with E-state index in [0.29, 0.717) is 40.9 Å². The number of amides is 2. The van der Waals surface area contributed by atoms with Crippen LogP contribution in [0.15, 0.2) is 65.6 Å². The molecule has 4 rings (SSSR count). The van der Waals surface area contributed by atoms with Gasteiger partial charge in [0.25, 0.3) is 0 Å². The van der Waals surface area contributed by atoms with E-state index in [0.717, 1.165) is 11.1 Å². The average molecular weight is 546 g/mol. The van der Waals surface area contributed by atoms with Crippen LogP contribution in [0.3, 0.4) is 0 Å². The lowest BCUT2D eigenvalue weighted by molar-refractivity contribution is 0.182. The Hall–Kier alpha value is -3.47. The monoisotopic (exact) mass is 545 g/mol. The molecular formula is C26H28ClN3O6S. The highest BCUT2D eigenvalue weighted by Gasteiger charge is 2.33. The molecule has 9 nitrogen and oxygen atoms in total. The highest BCUT2D eigenvalue weighted by atomic mass is 35.5. The molecule has 1 heterocycles. The lowest BCUT2D eigenvalue weighted by Crippen LogP contribution is -2.46. The van der Waals surface area contributed by atoms with Gasteiger partial charge in [0.15, 0.2) is 11.5 Å². The van der Waals surface area contributed by atoms with Crippen molar-refractivity contribution in [2.75, 3.05) is 39.7 Å². The van der Waals surface area contributed by atoms with Crippen molar-refractivity contribution in [3.05, 3.63) is 76.8 Å². The fourth-order valence-electron chi connectivity index (χ4n) is 4.31. The summed E-state index contributed by atoms with van der Waals surface area (Å²) in [5, 5.41) is 3.32. The maximum Gasteiger partial charge on any atom is 0.322 e. The number of urea groups is 1. The molecule has 3 aromatic rings. The molecule has 2 N–H and O–H groups in total. The largest absolute Gasteiger partial charge is 0.495 e. The van der Waals surface area contributed by atoms with Gasteiger partial charge < -0.3 is 24.4 Å². The molecular weight excluding hydrogens is 518 g/mol. The Morgan fingerprint density at radius 1 is 0.973 bits per heavy atom. The molecule has 196 valence electrons. The summed E-state index contributed by atoms with van der Waals surface area (Å²) >= 11 is 5.91. The number of carbonyl (C=O) groups is 1. The van der Waals surface area contributed by atoms with Gasteiger partial charge in [0, 0.05) is 18.1 Å². The van der Waals surface area contributed by atoms with E-state index in [2.05, 4.69) is 10.0 Å². The SMILES string of the molecule is COc1ccccc1NC(=O)N1CCc2cc(OC)c(OC)cc2[C@H]1CNS(=O)(=O)c1ccc(Cl)cc1. The first-order chi connectivity index (χ1) is 17.8. The van der Waals surface area contributed by atoms with Gasteiger partial charge in [-0.15, -0.1) is 0 Å². The molecule has 0 unspecified atom stereocenters. The third-order valence-corrected chi connectivity index (χ3v) is 7.89. The molecule has 0 aliphatic carbocycles. The van der Waals surface area contributed by atoms with Crippen LogP contribution in [0.1, 0.15) is 17.2 Å². The number of para-hydroxylation sites is 2. The minimum Gasteiger partial charge on any atom is -0.495 e. The number of benzene rings is 3. The molecule has 0 saturated heterocycles. The second kappa shape index (κ2) is 11.3. The van der Waals surface area contributed by atoms with Gasteiger partial charge in [0.05, 0.1) is 38.0 Å². The number of rotatable bonds is 8. The quantitative estimate of drug-likeness (QED) is 0.432. The number of ether oxygens (including phenoxy) is 3. The second-order valence-corrected chi connectivity index (χ2v) is 10.5. The van der Waals surface area contributed by atoms with E-state index in [1.165, 1.54) is 38.5 Å². The van der Waals surface area contributed by atoms with Crippen molar-refractivity contribution in [2.24, 2.45) is 0 Å². The Balaban J connectivity index is 1.68. The molecule has 1 aliphatic heterocycles. The normalized spacial score (nSPS) is 15.0. The molecule has 0 saturated carbocycles. The number of sulfonamides is 1. The van der Waals surface area contributed by atoms with Crippen LogP contribution < -0.4 is 24.2 Å². The number of fused-ring (bicyclic) bond motifs is 1. The maximum atomic E-state index is 13.5. The van der Waals surface area contributed by atoms with Crippen molar-refractivity contribution in [2.45, 2.75) is 17.4 Å². The van der Waals surface area contributed by atoms with Gasteiger partial charge in [-0.2, -0.15) is 0 Å². The van der Waals surface area contributed by atoms with Gasteiger partial charge in [-0.3, -0.25) is 0 Å². The summed E-state index contributed by atoms with van der Waals surface area (Å²) in [4.78, 5) is 15.2. The number of nitrogens with one attached hydrogen (secondary N) is 2. The Labute approximate surface area is 221 Å². The van der Waals surface area contributed by atoms with Crippen molar-refractivity contribution in [1.82, 2.24) is 9.62 Å². The second-order valence-electron chi connectivity index (χ2n) is 8.30. The lowest BCUT2D eigenvalue weighted by atomic mass is 9.92. The standard InChI is InChI=1S/C26H28ClN3O6S/c1-34-23-7-5-4-6-21(23)29-26(31)30-13-12-17-14-24(35-2)25(36-3)15-20(17)22(30)16-28-37(32,33)19-10-8-18(27)9-11-19/h4-11,14-15,22,28H,12-13,16H2,1-3H3,(H,29,31)/t22-/m1/s1. The number of anilines is 1. The van der Waals surface area contributed by atoms with Crippen LogP contribution in [0, 0.1) is 0 Å². The molecule has 0 bridgehead atoms. The van der Waals surface area contributed by atoms with Crippen LogP contribution in [0.4, 0.5) is 10.5 Å². The maximum absolute atomic E-state index is 13.5. The minimum atomic E-state index is -3.87. The first kappa shape index (κ1) is 26.6.